The molecular formula is C17H16N2O6. The molecule has 8 nitrogen and oxygen atoms in total. The Labute approximate surface area is 143 Å². The molecule has 1 amide bonds. The van der Waals surface area contributed by atoms with E-state index in [1.807, 2.05) is 0 Å². The normalized spacial score (nSPS) is 10.0. The summed E-state index contributed by atoms with van der Waals surface area (Å²) in [4.78, 5) is 35.6. The fourth-order valence-electron chi connectivity index (χ4n) is 2.07. The molecule has 0 atom stereocenters. The summed E-state index contributed by atoms with van der Waals surface area (Å²) in [5.41, 5.74) is 0.176. The zero-order chi connectivity index (χ0) is 18.6. The second-order valence-electron chi connectivity index (χ2n) is 5.26. The van der Waals surface area contributed by atoms with Crippen molar-refractivity contribution >= 4 is 17.6 Å². The molecule has 0 saturated heterocycles. The second-order valence-corrected chi connectivity index (χ2v) is 5.26. The number of carbonyl (C=O) groups excluding carboxylic acids is 2. The van der Waals surface area contributed by atoms with E-state index in [0.717, 1.165) is 6.07 Å². The third-order valence-electron chi connectivity index (χ3n) is 3.29. The Morgan fingerprint density at radius 1 is 1.08 bits per heavy atom. The van der Waals surface area contributed by atoms with E-state index in [1.165, 1.54) is 30.2 Å². The molecule has 0 fully saturated rings. The predicted octanol–water partition coefficient (Wildman–Crippen LogP) is 2.88. The predicted molar refractivity (Wildman–Crippen MR) is 89.0 cm³/mol. The van der Waals surface area contributed by atoms with E-state index in [-0.39, 0.29) is 28.7 Å². The Morgan fingerprint density at radius 3 is 2.40 bits per heavy atom. The molecule has 0 N–H and O–H groups in total. The zero-order valence-corrected chi connectivity index (χ0v) is 13.9. The van der Waals surface area contributed by atoms with Gasteiger partial charge < -0.3 is 14.4 Å². The van der Waals surface area contributed by atoms with E-state index >= 15 is 0 Å². The van der Waals surface area contributed by atoms with Gasteiger partial charge in [-0.25, -0.2) is 4.79 Å². The highest BCUT2D eigenvalue weighted by Gasteiger charge is 2.19. The number of amides is 1. The maximum Gasteiger partial charge on any atom is 0.337 e. The van der Waals surface area contributed by atoms with Gasteiger partial charge >= 0.3 is 11.7 Å². The lowest BCUT2D eigenvalue weighted by atomic mass is 10.1. The van der Waals surface area contributed by atoms with Crippen LogP contribution in [0.15, 0.2) is 42.5 Å². The molecule has 0 saturated carbocycles. The quantitative estimate of drug-likeness (QED) is 0.470. The SMILES string of the molecule is COC(=O)c1ccc([N+](=O)[O-])c(Oc2cccc(C(=O)N(C)C)c2)c1. The Morgan fingerprint density at radius 2 is 1.80 bits per heavy atom. The van der Waals surface area contributed by atoms with Gasteiger partial charge in [-0.2, -0.15) is 0 Å². The summed E-state index contributed by atoms with van der Waals surface area (Å²) < 4.78 is 10.2. The fraction of sp³-hybridized carbons (Fsp3) is 0.176. The van der Waals surface area contributed by atoms with E-state index in [0.29, 0.717) is 5.56 Å². The van der Waals surface area contributed by atoms with E-state index in [9.17, 15) is 19.7 Å². The van der Waals surface area contributed by atoms with Crippen molar-refractivity contribution in [3.63, 3.8) is 0 Å². The molecule has 2 aromatic carbocycles. The molecule has 0 unspecified atom stereocenters. The number of nitrogens with zero attached hydrogens (tertiary/aromatic N) is 2. The average molecular weight is 344 g/mol. The highest BCUT2D eigenvalue weighted by atomic mass is 16.6. The lowest BCUT2D eigenvalue weighted by Crippen LogP contribution is -2.21. The Hall–Kier alpha value is -3.42. The fourth-order valence-corrected chi connectivity index (χ4v) is 2.07. The molecule has 0 spiro atoms. The van der Waals surface area contributed by atoms with Crippen LogP contribution in [0.3, 0.4) is 0 Å². The van der Waals surface area contributed by atoms with Gasteiger partial charge in [0.1, 0.15) is 5.75 Å². The first-order valence-electron chi connectivity index (χ1n) is 7.20. The highest BCUT2D eigenvalue weighted by Crippen LogP contribution is 2.32. The summed E-state index contributed by atoms with van der Waals surface area (Å²) >= 11 is 0. The number of hydrogen-bond acceptors (Lipinski definition) is 6. The van der Waals surface area contributed by atoms with Crippen LogP contribution in [-0.2, 0) is 4.74 Å². The van der Waals surface area contributed by atoms with Crippen molar-refractivity contribution in [3.8, 4) is 11.5 Å². The monoisotopic (exact) mass is 344 g/mol. The van der Waals surface area contributed by atoms with E-state index < -0.39 is 10.9 Å². The zero-order valence-electron chi connectivity index (χ0n) is 13.9. The molecule has 8 heteroatoms. The van der Waals surface area contributed by atoms with Gasteiger partial charge in [0.2, 0.25) is 5.75 Å². The van der Waals surface area contributed by atoms with Crippen molar-refractivity contribution in [1.82, 2.24) is 4.90 Å². The van der Waals surface area contributed by atoms with Gasteiger partial charge in [-0.1, -0.05) is 6.07 Å². The summed E-state index contributed by atoms with van der Waals surface area (Å²) in [7, 11) is 4.43. The molecule has 0 aliphatic heterocycles. The maximum atomic E-state index is 12.0. The molecule has 0 radical (unpaired) electrons. The van der Waals surface area contributed by atoms with E-state index in [1.54, 1.807) is 32.3 Å². The number of nitro groups is 1. The second kappa shape index (κ2) is 7.43. The number of nitro benzene ring substituents is 1. The first kappa shape index (κ1) is 17.9. The number of rotatable bonds is 5. The van der Waals surface area contributed by atoms with Gasteiger partial charge in [0.25, 0.3) is 5.91 Å². The summed E-state index contributed by atoms with van der Waals surface area (Å²) in [6, 6.07) is 9.90. The number of ether oxygens (including phenoxy) is 2. The topological polar surface area (TPSA) is 99.0 Å². The molecule has 0 aromatic heterocycles. The van der Waals surface area contributed by atoms with Crippen LogP contribution in [-0.4, -0.2) is 42.9 Å². The standard InChI is InChI=1S/C17H16N2O6/c1-18(2)16(20)11-5-4-6-13(9-11)25-15-10-12(17(21)24-3)7-8-14(15)19(22)23/h4-10H,1-3H3. The number of esters is 1. The number of hydrogen-bond donors (Lipinski definition) is 0. The van der Waals surface area contributed by atoms with Gasteiger partial charge in [-0.05, 0) is 24.3 Å². The highest BCUT2D eigenvalue weighted by molar-refractivity contribution is 5.94. The van der Waals surface area contributed by atoms with E-state index in [2.05, 4.69) is 4.74 Å². The van der Waals surface area contributed by atoms with Gasteiger partial charge in [0.15, 0.2) is 0 Å². The lowest BCUT2D eigenvalue weighted by molar-refractivity contribution is -0.385. The minimum atomic E-state index is -0.642. The third-order valence-corrected chi connectivity index (χ3v) is 3.29. The number of benzene rings is 2. The largest absolute Gasteiger partial charge is 0.465 e. The van der Waals surface area contributed by atoms with Crippen molar-refractivity contribution in [3.05, 3.63) is 63.7 Å². The summed E-state index contributed by atoms with van der Waals surface area (Å²) in [5, 5.41) is 11.2. The van der Waals surface area contributed by atoms with Crippen LogP contribution in [0.2, 0.25) is 0 Å². The van der Waals surface area contributed by atoms with Gasteiger partial charge in [0, 0.05) is 31.8 Å². The summed E-state index contributed by atoms with van der Waals surface area (Å²) in [6.45, 7) is 0. The molecule has 2 rings (SSSR count). The van der Waals surface area contributed by atoms with Gasteiger partial charge in [0.05, 0.1) is 17.6 Å². The Balaban J connectivity index is 2.41. The minimum absolute atomic E-state index is 0.114. The van der Waals surface area contributed by atoms with Crippen LogP contribution in [0, 0.1) is 10.1 Å². The van der Waals surface area contributed by atoms with Gasteiger partial charge in [-0.3, -0.25) is 14.9 Å². The van der Waals surface area contributed by atoms with Crippen molar-refractivity contribution in [2.24, 2.45) is 0 Å². The lowest BCUT2D eigenvalue weighted by Gasteiger charge is -2.12. The minimum Gasteiger partial charge on any atom is -0.465 e. The molecule has 0 aliphatic rings. The van der Waals surface area contributed by atoms with Crippen molar-refractivity contribution in [2.45, 2.75) is 0 Å². The molecule has 0 heterocycles. The Bertz CT molecular complexity index is 832. The van der Waals surface area contributed by atoms with Gasteiger partial charge in [-0.15, -0.1) is 0 Å². The molecule has 0 aliphatic carbocycles. The van der Waals surface area contributed by atoms with Crippen LogP contribution in [0.4, 0.5) is 5.69 Å². The third kappa shape index (κ3) is 4.11. The molecule has 25 heavy (non-hydrogen) atoms. The van der Waals surface area contributed by atoms with E-state index in [4.69, 9.17) is 4.74 Å². The van der Waals surface area contributed by atoms with Crippen LogP contribution < -0.4 is 4.74 Å². The molecule has 130 valence electrons. The average Bonchev–Trinajstić information content (AvgIpc) is 2.60. The number of carbonyl (C=O) groups is 2. The van der Waals surface area contributed by atoms with Crippen molar-refractivity contribution in [2.75, 3.05) is 21.2 Å². The first-order valence-corrected chi connectivity index (χ1v) is 7.20. The summed E-state index contributed by atoms with van der Waals surface area (Å²) in [6.07, 6.45) is 0. The maximum absolute atomic E-state index is 12.0. The first-order chi connectivity index (χ1) is 11.8. The molecule has 0 bridgehead atoms. The molecular weight excluding hydrogens is 328 g/mol. The van der Waals surface area contributed by atoms with Crippen LogP contribution in [0.5, 0.6) is 11.5 Å². The molecule has 2 aromatic rings. The van der Waals surface area contributed by atoms with Crippen LogP contribution in [0.25, 0.3) is 0 Å². The smallest absolute Gasteiger partial charge is 0.337 e. The van der Waals surface area contributed by atoms with Crippen LogP contribution in [0.1, 0.15) is 20.7 Å². The summed E-state index contributed by atoms with van der Waals surface area (Å²) in [5.74, 6) is -0.764. The van der Waals surface area contributed by atoms with Crippen LogP contribution >= 0.6 is 0 Å². The van der Waals surface area contributed by atoms with Crippen molar-refractivity contribution in [1.29, 1.82) is 0 Å². The number of methoxy groups -OCH3 is 1. The Kier molecular flexibility index (Phi) is 5.33. The van der Waals surface area contributed by atoms with Crippen molar-refractivity contribution < 1.29 is 24.0 Å².